The second-order valence-corrected chi connectivity index (χ2v) is 8.89. The maximum Gasteiger partial charge on any atom is 0.242 e. The van der Waals surface area contributed by atoms with Crippen LogP contribution in [0.4, 0.5) is 0 Å². The number of nitrogens with one attached hydrogen (secondary N) is 1. The Hall–Kier alpha value is -1.46. The zero-order valence-electron chi connectivity index (χ0n) is 17.6. The molecule has 0 aliphatic carbocycles. The van der Waals surface area contributed by atoms with Crippen LogP contribution in [0.1, 0.15) is 44.2 Å². The number of hydrogen-bond donors (Lipinski definition) is 1. The predicted octanol–water partition coefficient (Wildman–Crippen LogP) is 6.57. The first-order chi connectivity index (χ1) is 14.8. The van der Waals surface area contributed by atoms with Crippen LogP contribution in [-0.4, -0.2) is 29.3 Å². The lowest BCUT2D eigenvalue weighted by Gasteiger charge is -2.31. The van der Waals surface area contributed by atoms with Crippen LogP contribution in [0.25, 0.3) is 0 Å². The van der Waals surface area contributed by atoms with Crippen molar-refractivity contribution < 1.29 is 9.59 Å². The van der Waals surface area contributed by atoms with Crippen molar-refractivity contribution in [3.63, 3.8) is 0 Å². The Kier molecular flexibility index (Phi) is 10.4. The standard InChI is InChI=1S/C23H26Cl4N2O2/c1-3-5-10-28-23(31)21(4-2)29(14-16-7-9-18(25)20(27)12-16)22(30)13-15-6-8-17(24)19(26)11-15/h6-9,11-12,21H,3-5,10,13-14H2,1-2H3,(H,28,31). The monoisotopic (exact) mass is 502 g/mol. The molecule has 1 unspecified atom stereocenters. The molecule has 4 nitrogen and oxygen atoms in total. The first-order valence-electron chi connectivity index (χ1n) is 10.2. The molecule has 0 heterocycles. The number of benzene rings is 2. The number of amides is 2. The van der Waals surface area contributed by atoms with Gasteiger partial charge in [0.15, 0.2) is 0 Å². The molecule has 1 N–H and O–H groups in total. The number of unbranched alkanes of at least 4 members (excludes halogenated alkanes) is 1. The topological polar surface area (TPSA) is 49.4 Å². The highest BCUT2D eigenvalue weighted by Gasteiger charge is 2.28. The number of hydrogen-bond acceptors (Lipinski definition) is 2. The average Bonchev–Trinajstić information content (AvgIpc) is 2.73. The van der Waals surface area contributed by atoms with Gasteiger partial charge in [0.05, 0.1) is 26.5 Å². The van der Waals surface area contributed by atoms with Gasteiger partial charge in [-0.15, -0.1) is 0 Å². The summed E-state index contributed by atoms with van der Waals surface area (Å²) in [6.07, 6.45) is 2.43. The van der Waals surface area contributed by atoms with E-state index in [2.05, 4.69) is 12.2 Å². The van der Waals surface area contributed by atoms with Crippen molar-refractivity contribution in [2.75, 3.05) is 6.54 Å². The molecule has 2 amide bonds. The lowest BCUT2D eigenvalue weighted by molar-refractivity contribution is -0.140. The minimum absolute atomic E-state index is 0.0942. The smallest absolute Gasteiger partial charge is 0.242 e. The van der Waals surface area contributed by atoms with E-state index in [0.717, 1.165) is 24.0 Å². The van der Waals surface area contributed by atoms with E-state index >= 15 is 0 Å². The number of carbonyl (C=O) groups is 2. The van der Waals surface area contributed by atoms with E-state index < -0.39 is 6.04 Å². The summed E-state index contributed by atoms with van der Waals surface area (Å²) in [4.78, 5) is 27.8. The van der Waals surface area contributed by atoms with Gasteiger partial charge in [0.1, 0.15) is 6.04 Å². The predicted molar refractivity (Wildman–Crippen MR) is 129 cm³/mol. The maximum absolute atomic E-state index is 13.3. The van der Waals surface area contributed by atoms with E-state index in [-0.39, 0.29) is 24.8 Å². The van der Waals surface area contributed by atoms with Gasteiger partial charge in [0, 0.05) is 13.1 Å². The molecule has 0 aliphatic heterocycles. The van der Waals surface area contributed by atoms with E-state index in [0.29, 0.717) is 33.1 Å². The Morgan fingerprint density at radius 2 is 1.48 bits per heavy atom. The number of halogens is 4. The Balaban J connectivity index is 2.29. The normalized spacial score (nSPS) is 11.8. The molecule has 0 spiro atoms. The molecule has 8 heteroatoms. The quantitative estimate of drug-likeness (QED) is 0.373. The Labute approximate surface area is 203 Å². The molecular weight excluding hydrogens is 478 g/mol. The van der Waals surface area contributed by atoms with Crippen LogP contribution in [0.2, 0.25) is 20.1 Å². The Morgan fingerprint density at radius 1 is 0.903 bits per heavy atom. The van der Waals surface area contributed by atoms with Gasteiger partial charge in [-0.2, -0.15) is 0 Å². The molecule has 0 saturated heterocycles. The van der Waals surface area contributed by atoms with Crippen molar-refractivity contribution in [2.45, 2.75) is 52.1 Å². The molecule has 0 aliphatic rings. The van der Waals surface area contributed by atoms with E-state index in [4.69, 9.17) is 46.4 Å². The van der Waals surface area contributed by atoms with Crippen LogP contribution < -0.4 is 5.32 Å². The summed E-state index contributed by atoms with van der Waals surface area (Å²) in [5.41, 5.74) is 1.51. The van der Waals surface area contributed by atoms with Crippen LogP contribution >= 0.6 is 46.4 Å². The molecular formula is C23H26Cl4N2O2. The van der Waals surface area contributed by atoms with Crippen molar-refractivity contribution in [3.05, 3.63) is 67.6 Å². The number of carbonyl (C=O) groups excluding carboxylic acids is 2. The second kappa shape index (κ2) is 12.5. The molecule has 31 heavy (non-hydrogen) atoms. The van der Waals surface area contributed by atoms with Gasteiger partial charge >= 0.3 is 0 Å². The lowest BCUT2D eigenvalue weighted by Crippen LogP contribution is -2.49. The van der Waals surface area contributed by atoms with Crippen LogP contribution in [-0.2, 0) is 22.6 Å². The fourth-order valence-electron chi connectivity index (χ4n) is 3.19. The van der Waals surface area contributed by atoms with Crippen LogP contribution in [0.5, 0.6) is 0 Å². The summed E-state index contributed by atoms with van der Waals surface area (Å²) >= 11 is 24.3. The molecule has 2 aromatic rings. The summed E-state index contributed by atoms with van der Waals surface area (Å²) < 4.78 is 0. The fourth-order valence-corrected chi connectivity index (χ4v) is 3.83. The largest absolute Gasteiger partial charge is 0.354 e. The van der Waals surface area contributed by atoms with Crippen molar-refractivity contribution in [1.82, 2.24) is 10.2 Å². The van der Waals surface area contributed by atoms with Gasteiger partial charge in [-0.1, -0.05) is 78.8 Å². The van der Waals surface area contributed by atoms with E-state index in [9.17, 15) is 9.59 Å². The van der Waals surface area contributed by atoms with Gasteiger partial charge < -0.3 is 10.2 Å². The van der Waals surface area contributed by atoms with Crippen molar-refractivity contribution in [3.8, 4) is 0 Å². The summed E-state index contributed by atoms with van der Waals surface area (Å²) in [6.45, 7) is 4.75. The van der Waals surface area contributed by atoms with Crippen LogP contribution in [0.3, 0.4) is 0 Å². The molecule has 1 atom stereocenters. The summed E-state index contributed by atoms with van der Waals surface area (Å²) in [5.74, 6) is -0.361. The highest BCUT2D eigenvalue weighted by atomic mass is 35.5. The van der Waals surface area contributed by atoms with Gasteiger partial charge in [-0.3, -0.25) is 9.59 Å². The highest BCUT2D eigenvalue weighted by Crippen LogP contribution is 2.26. The number of nitrogens with zero attached hydrogens (tertiary/aromatic N) is 1. The fraction of sp³-hybridized carbons (Fsp3) is 0.391. The second-order valence-electron chi connectivity index (χ2n) is 7.26. The molecule has 0 saturated carbocycles. The lowest BCUT2D eigenvalue weighted by atomic mass is 10.1. The van der Waals surface area contributed by atoms with Crippen LogP contribution in [0, 0.1) is 0 Å². The third-order valence-electron chi connectivity index (χ3n) is 4.89. The maximum atomic E-state index is 13.3. The highest BCUT2D eigenvalue weighted by molar-refractivity contribution is 6.42. The average molecular weight is 504 g/mol. The Bertz CT molecular complexity index is 920. The first kappa shape index (κ1) is 25.8. The Morgan fingerprint density at radius 3 is 2.03 bits per heavy atom. The SMILES string of the molecule is CCCCNC(=O)C(CC)N(Cc1ccc(Cl)c(Cl)c1)C(=O)Cc1ccc(Cl)c(Cl)c1. The summed E-state index contributed by atoms with van der Waals surface area (Å²) in [7, 11) is 0. The molecule has 0 fully saturated rings. The third-order valence-corrected chi connectivity index (χ3v) is 6.37. The molecule has 2 rings (SSSR count). The van der Waals surface area contributed by atoms with Gasteiger partial charge in [-0.25, -0.2) is 0 Å². The van der Waals surface area contributed by atoms with Crippen molar-refractivity contribution in [1.29, 1.82) is 0 Å². The van der Waals surface area contributed by atoms with Gasteiger partial charge in [0.25, 0.3) is 0 Å². The molecule has 0 radical (unpaired) electrons. The molecule has 0 bridgehead atoms. The first-order valence-corrected chi connectivity index (χ1v) is 11.7. The van der Waals surface area contributed by atoms with E-state index in [1.165, 1.54) is 0 Å². The number of rotatable bonds is 10. The molecule has 0 aromatic heterocycles. The minimum atomic E-state index is -0.610. The third kappa shape index (κ3) is 7.57. The van der Waals surface area contributed by atoms with Crippen molar-refractivity contribution >= 4 is 58.2 Å². The van der Waals surface area contributed by atoms with Crippen LogP contribution in [0.15, 0.2) is 36.4 Å². The summed E-state index contributed by atoms with van der Waals surface area (Å²) in [5, 5.41) is 4.58. The molecule has 2 aromatic carbocycles. The zero-order valence-corrected chi connectivity index (χ0v) is 20.6. The van der Waals surface area contributed by atoms with E-state index in [1.807, 2.05) is 6.92 Å². The van der Waals surface area contributed by atoms with Gasteiger partial charge in [-0.05, 0) is 48.2 Å². The summed E-state index contributed by atoms with van der Waals surface area (Å²) in [6, 6.07) is 9.67. The van der Waals surface area contributed by atoms with Gasteiger partial charge in [0.2, 0.25) is 11.8 Å². The van der Waals surface area contributed by atoms with E-state index in [1.54, 1.807) is 41.3 Å². The van der Waals surface area contributed by atoms with Crippen molar-refractivity contribution in [2.24, 2.45) is 0 Å². The zero-order chi connectivity index (χ0) is 23.0. The minimum Gasteiger partial charge on any atom is -0.354 e. The molecule has 168 valence electrons.